The van der Waals surface area contributed by atoms with Crippen LogP contribution in [-0.2, 0) is 14.4 Å². The number of hydrazine groups is 1. The topological polar surface area (TPSA) is 92.5 Å². The van der Waals surface area contributed by atoms with Crippen LogP contribution in [0, 0.1) is 0 Å². The molecule has 0 atom stereocenters. The van der Waals surface area contributed by atoms with Crippen LogP contribution in [0.4, 0.5) is 5.69 Å². The third-order valence-electron chi connectivity index (χ3n) is 3.25. The fourth-order valence-electron chi connectivity index (χ4n) is 2.06. The van der Waals surface area contributed by atoms with E-state index in [9.17, 15) is 14.4 Å². The molecule has 2 aromatic rings. The number of nitrogens with zero attached hydrogens (tertiary/aromatic N) is 1. The van der Waals surface area contributed by atoms with E-state index < -0.39 is 24.1 Å². The van der Waals surface area contributed by atoms with Gasteiger partial charge in [-0.2, -0.15) is 0 Å². The van der Waals surface area contributed by atoms with Gasteiger partial charge in [-0.05, 0) is 35.9 Å². The van der Waals surface area contributed by atoms with Gasteiger partial charge in [0.15, 0.2) is 0 Å². The van der Waals surface area contributed by atoms with Gasteiger partial charge in [0, 0.05) is 11.1 Å². The highest BCUT2D eigenvalue weighted by molar-refractivity contribution is 6.30. The summed E-state index contributed by atoms with van der Waals surface area (Å²) in [6.45, 7) is 0. The number of halogens is 1. The van der Waals surface area contributed by atoms with Gasteiger partial charge in [-0.3, -0.25) is 19.8 Å². The predicted octanol–water partition coefficient (Wildman–Crippen LogP) is 2.29. The van der Waals surface area contributed by atoms with E-state index in [1.165, 1.54) is 18.2 Å². The lowest BCUT2D eigenvalue weighted by atomic mass is 10.2. The van der Waals surface area contributed by atoms with Crippen LogP contribution in [0.2, 0.25) is 5.02 Å². The number of benzene rings is 2. The molecule has 0 spiro atoms. The first-order valence-electron chi connectivity index (χ1n) is 7.36. The van der Waals surface area contributed by atoms with Crippen molar-refractivity contribution in [2.75, 3.05) is 4.90 Å². The molecule has 0 saturated carbocycles. The molecule has 0 aliphatic rings. The highest BCUT2D eigenvalue weighted by Gasteiger charge is 2.23. The number of nitrogens with two attached hydrogens (primary N) is 1. The van der Waals surface area contributed by atoms with Gasteiger partial charge in [0.25, 0.3) is 5.91 Å². The Morgan fingerprint density at radius 2 is 1.68 bits per heavy atom. The van der Waals surface area contributed by atoms with Gasteiger partial charge < -0.3 is 0 Å². The summed E-state index contributed by atoms with van der Waals surface area (Å²) >= 11 is 5.84. The first-order valence-corrected chi connectivity index (χ1v) is 7.74. The molecule has 0 aliphatic carbocycles. The normalized spacial score (nSPS) is 10.5. The zero-order valence-corrected chi connectivity index (χ0v) is 13.9. The lowest BCUT2D eigenvalue weighted by Gasteiger charge is -2.19. The van der Waals surface area contributed by atoms with E-state index in [0.717, 1.165) is 10.5 Å². The van der Waals surface area contributed by atoms with Crippen LogP contribution in [-0.4, -0.2) is 17.7 Å². The van der Waals surface area contributed by atoms with Crippen molar-refractivity contribution in [1.29, 1.82) is 0 Å². The molecule has 128 valence electrons. The van der Waals surface area contributed by atoms with Crippen LogP contribution < -0.4 is 16.2 Å². The summed E-state index contributed by atoms with van der Waals surface area (Å²) < 4.78 is 0. The highest BCUT2D eigenvalue weighted by atomic mass is 35.5. The molecule has 0 radical (unpaired) electrons. The Labute approximate surface area is 149 Å². The predicted molar refractivity (Wildman–Crippen MR) is 96.4 cm³/mol. The highest BCUT2D eigenvalue weighted by Crippen LogP contribution is 2.20. The van der Waals surface area contributed by atoms with Crippen LogP contribution in [0.3, 0.4) is 0 Å². The summed E-state index contributed by atoms with van der Waals surface area (Å²) in [7, 11) is 0. The van der Waals surface area contributed by atoms with E-state index in [2.05, 4.69) is 0 Å². The second kappa shape index (κ2) is 8.77. The standard InChI is InChI=1S/C18H16ClN3O3/c19-14-7-9-15(10-8-14)22(18(25)12-16(23)21-20)17(24)11-6-13-4-2-1-3-5-13/h1-11H,12,20H2,(H,21,23)/b11-6-. The molecule has 3 N–H and O–H groups in total. The lowest BCUT2D eigenvalue weighted by Crippen LogP contribution is -2.40. The van der Waals surface area contributed by atoms with E-state index in [4.69, 9.17) is 17.4 Å². The minimum Gasteiger partial charge on any atom is -0.294 e. The van der Waals surface area contributed by atoms with Gasteiger partial charge in [-0.25, -0.2) is 10.7 Å². The minimum atomic E-state index is -0.701. The average Bonchev–Trinajstić information content (AvgIpc) is 2.62. The lowest BCUT2D eigenvalue weighted by molar-refractivity contribution is -0.129. The average molecular weight is 358 g/mol. The Morgan fingerprint density at radius 1 is 1.04 bits per heavy atom. The Kier molecular flexibility index (Phi) is 6.45. The second-order valence-electron chi connectivity index (χ2n) is 5.03. The Balaban J connectivity index is 2.28. The van der Waals surface area contributed by atoms with Crippen molar-refractivity contribution in [1.82, 2.24) is 5.43 Å². The smallest absolute Gasteiger partial charge is 0.257 e. The van der Waals surface area contributed by atoms with Crippen LogP contribution in [0.15, 0.2) is 60.7 Å². The van der Waals surface area contributed by atoms with Gasteiger partial charge in [-0.1, -0.05) is 41.9 Å². The molecule has 3 amide bonds. The van der Waals surface area contributed by atoms with Crippen molar-refractivity contribution in [2.24, 2.45) is 5.84 Å². The van der Waals surface area contributed by atoms with Crippen molar-refractivity contribution in [3.05, 3.63) is 71.3 Å². The summed E-state index contributed by atoms with van der Waals surface area (Å²) in [4.78, 5) is 37.2. The number of hydrogen-bond donors (Lipinski definition) is 2. The van der Waals surface area contributed by atoms with Crippen molar-refractivity contribution in [3.63, 3.8) is 0 Å². The summed E-state index contributed by atoms with van der Waals surface area (Å²) in [6.07, 6.45) is 2.30. The number of carbonyl (C=O) groups excluding carboxylic acids is 3. The molecular formula is C18H16ClN3O3. The number of rotatable bonds is 5. The van der Waals surface area contributed by atoms with Gasteiger partial charge >= 0.3 is 0 Å². The SMILES string of the molecule is NNC(=O)CC(=O)N(C(=O)/C=C\c1ccccc1)c1ccc(Cl)cc1. The number of imide groups is 1. The number of carbonyl (C=O) groups is 3. The molecule has 0 bridgehead atoms. The minimum absolute atomic E-state index is 0.307. The fourth-order valence-corrected chi connectivity index (χ4v) is 2.18. The van der Waals surface area contributed by atoms with Gasteiger partial charge in [0.2, 0.25) is 11.8 Å². The van der Waals surface area contributed by atoms with Gasteiger partial charge in [0.1, 0.15) is 6.42 Å². The van der Waals surface area contributed by atoms with Crippen LogP contribution >= 0.6 is 11.6 Å². The molecule has 7 heteroatoms. The van der Waals surface area contributed by atoms with Crippen molar-refractivity contribution >= 4 is 41.1 Å². The monoisotopic (exact) mass is 357 g/mol. The Bertz CT molecular complexity index is 789. The second-order valence-corrected chi connectivity index (χ2v) is 5.47. The summed E-state index contributed by atoms with van der Waals surface area (Å²) in [5, 5.41) is 0.461. The number of anilines is 1. The molecule has 0 unspecified atom stereocenters. The van der Waals surface area contributed by atoms with Crippen LogP contribution in [0.25, 0.3) is 6.08 Å². The summed E-state index contributed by atoms with van der Waals surface area (Å²) in [6, 6.07) is 15.3. The maximum Gasteiger partial charge on any atom is 0.257 e. The molecule has 6 nitrogen and oxygen atoms in total. The molecule has 0 saturated heterocycles. The molecule has 0 aromatic heterocycles. The van der Waals surface area contributed by atoms with E-state index in [-0.39, 0.29) is 0 Å². The summed E-state index contributed by atoms with van der Waals surface area (Å²) in [5.74, 6) is 3.03. The fraction of sp³-hybridized carbons (Fsp3) is 0.0556. The Hall–Kier alpha value is -2.96. The zero-order valence-electron chi connectivity index (χ0n) is 13.2. The summed E-state index contributed by atoms with van der Waals surface area (Å²) in [5.41, 5.74) is 2.98. The largest absolute Gasteiger partial charge is 0.294 e. The third kappa shape index (κ3) is 5.27. The van der Waals surface area contributed by atoms with Crippen molar-refractivity contribution in [2.45, 2.75) is 6.42 Å². The van der Waals surface area contributed by atoms with Gasteiger partial charge in [0.05, 0.1) is 5.69 Å². The molecule has 2 rings (SSSR count). The molecule has 2 aromatic carbocycles. The number of amides is 3. The van der Waals surface area contributed by atoms with Gasteiger partial charge in [-0.15, -0.1) is 0 Å². The van der Waals surface area contributed by atoms with E-state index in [1.807, 2.05) is 35.8 Å². The maximum atomic E-state index is 12.5. The molecule has 0 heterocycles. The number of hydrogen-bond acceptors (Lipinski definition) is 4. The first-order chi connectivity index (χ1) is 12.0. The van der Waals surface area contributed by atoms with E-state index in [0.29, 0.717) is 10.7 Å². The van der Waals surface area contributed by atoms with E-state index in [1.54, 1.807) is 18.2 Å². The quantitative estimate of drug-likeness (QED) is 0.282. The molecule has 0 fully saturated rings. The third-order valence-corrected chi connectivity index (χ3v) is 3.50. The Morgan fingerprint density at radius 3 is 2.28 bits per heavy atom. The first kappa shape index (κ1) is 18.4. The maximum absolute atomic E-state index is 12.5. The van der Waals surface area contributed by atoms with Crippen LogP contribution in [0.1, 0.15) is 12.0 Å². The van der Waals surface area contributed by atoms with Crippen LogP contribution in [0.5, 0.6) is 0 Å². The number of nitrogens with one attached hydrogen (secondary N) is 1. The van der Waals surface area contributed by atoms with E-state index >= 15 is 0 Å². The molecule has 0 aliphatic heterocycles. The molecular weight excluding hydrogens is 342 g/mol. The molecule has 25 heavy (non-hydrogen) atoms. The zero-order chi connectivity index (χ0) is 18.2. The van der Waals surface area contributed by atoms with Crippen molar-refractivity contribution in [3.8, 4) is 0 Å². The van der Waals surface area contributed by atoms with Crippen molar-refractivity contribution < 1.29 is 14.4 Å².